The highest BCUT2D eigenvalue weighted by molar-refractivity contribution is 7.90. The molecule has 0 aromatic heterocycles. The van der Waals surface area contributed by atoms with Crippen molar-refractivity contribution in [3.8, 4) is 5.75 Å². The molecule has 1 N–H and O–H groups in total. The lowest BCUT2D eigenvalue weighted by Crippen LogP contribution is -2.52. The SMILES string of the molecule is Cc1ccc(S(=O)(=O)NC(=O)C2CCN(N3CCC(Oc4ccc(Cl)c(Cl)c4)CC3)CC2)cc1. The van der Waals surface area contributed by atoms with Crippen molar-refractivity contribution < 1.29 is 17.9 Å². The van der Waals surface area contributed by atoms with Gasteiger partial charge in [0.05, 0.1) is 14.9 Å². The Morgan fingerprint density at radius 2 is 1.50 bits per heavy atom. The topological polar surface area (TPSA) is 79.0 Å². The van der Waals surface area contributed by atoms with E-state index >= 15 is 0 Å². The third-order valence-electron chi connectivity index (χ3n) is 6.42. The van der Waals surface area contributed by atoms with Crippen LogP contribution in [0.2, 0.25) is 10.0 Å². The Morgan fingerprint density at radius 3 is 2.09 bits per heavy atom. The average molecular weight is 526 g/mol. The molecule has 2 heterocycles. The summed E-state index contributed by atoms with van der Waals surface area (Å²) in [4.78, 5) is 12.7. The molecule has 2 aromatic rings. The third kappa shape index (κ3) is 6.23. The van der Waals surface area contributed by atoms with Crippen molar-refractivity contribution in [2.75, 3.05) is 26.2 Å². The van der Waals surface area contributed by atoms with Gasteiger partial charge in [0.25, 0.3) is 10.0 Å². The van der Waals surface area contributed by atoms with Gasteiger partial charge in [-0.1, -0.05) is 40.9 Å². The van der Waals surface area contributed by atoms with Crippen LogP contribution in [0, 0.1) is 12.8 Å². The summed E-state index contributed by atoms with van der Waals surface area (Å²) in [5, 5.41) is 5.57. The number of hydrogen-bond donors (Lipinski definition) is 1. The van der Waals surface area contributed by atoms with Crippen molar-refractivity contribution >= 4 is 39.1 Å². The van der Waals surface area contributed by atoms with Gasteiger partial charge in [-0.25, -0.2) is 23.2 Å². The maximum absolute atomic E-state index is 12.6. The monoisotopic (exact) mass is 525 g/mol. The molecule has 10 heteroatoms. The zero-order valence-corrected chi connectivity index (χ0v) is 21.4. The van der Waals surface area contributed by atoms with Gasteiger partial charge in [-0.05, 0) is 56.9 Å². The van der Waals surface area contributed by atoms with E-state index in [0.29, 0.717) is 22.9 Å². The van der Waals surface area contributed by atoms with Crippen LogP contribution in [0.15, 0.2) is 47.4 Å². The zero-order chi connectivity index (χ0) is 24.3. The van der Waals surface area contributed by atoms with Gasteiger partial charge in [0.15, 0.2) is 0 Å². The standard InChI is InChI=1S/C24H29Cl2N3O4S/c1-17-2-5-21(6-3-17)34(31,32)27-24(30)18-8-12-28(13-9-18)29-14-10-19(11-15-29)33-20-4-7-22(25)23(26)16-20/h2-7,16,18-19H,8-15H2,1H3,(H,27,30). The van der Waals surface area contributed by atoms with Crippen molar-refractivity contribution in [2.45, 2.75) is 43.6 Å². The molecule has 34 heavy (non-hydrogen) atoms. The fourth-order valence-corrected chi connectivity index (χ4v) is 5.72. The summed E-state index contributed by atoms with van der Waals surface area (Å²) < 4.78 is 33.4. The van der Waals surface area contributed by atoms with Crippen LogP contribution < -0.4 is 9.46 Å². The summed E-state index contributed by atoms with van der Waals surface area (Å²) in [6, 6.07) is 11.8. The van der Waals surface area contributed by atoms with E-state index in [-0.39, 0.29) is 16.9 Å². The maximum atomic E-state index is 12.6. The van der Waals surface area contributed by atoms with E-state index in [9.17, 15) is 13.2 Å². The first-order valence-corrected chi connectivity index (χ1v) is 13.7. The van der Waals surface area contributed by atoms with Gasteiger partial charge in [0.1, 0.15) is 11.9 Å². The first-order chi connectivity index (χ1) is 16.2. The van der Waals surface area contributed by atoms with Crippen molar-refractivity contribution in [3.05, 3.63) is 58.1 Å². The molecule has 0 unspecified atom stereocenters. The van der Waals surface area contributed by atoms with Gasteiger partial charge < -0.3 is 4.74 Å². The average Bonchev–Trinajstić information content (AvgIpc) is 2.82. The van der Waals surface area contributed by atoms with E-state index in [1.807, 2.05) is 13.0 Å². The Balaban J connectivity index is 1.23. The van der Waals surface area contributed by atoms with Crippen LogP contribution in [0.4, 0.5) is 0 Å². The molecule has 0 bridgehead atoms. The quantitative estimate of drug-likeness (QED) is 0.606. The van der Waals surface area contributed by atoms with Gasteiger partial charge in [-0.2, -0.15) is 0 Å². The van der Waals surface area contributed by atoms with E-state index < -0.39 is 15.9 Å². The largest absolute Gasteiger partial charge is 0.490 e. The highest BCUT2D eigenvalue weighted by Gasteiger charge is 2.32. The first kappa shape index (κ1) is 25.3. The summed E-state index contributed by atoms with van der Waals surface area (Å²) in [5.41, 5.74) is 0.961. The number of carbonyl (C=O) groups excluding carboxylic acids is 1. The number of hydrogen-bond acceptors (Lipinski definition) is 6. The third-order valence-corrected chi connectivity index (χ3v) is 8.52. The molecule has 2 aliphatic heterocycles. The minimum absolute atomic E-state index is 0.106. The molecule has 2 aromatic carbocycles. The Morgan fingerprint density at radius 1 is 0.912 bits per heavy atom. The summed E-state index contributed by atoms with van der Waals surface area (Å²) in [5.74, 6) is -0.0128. The number of rotatable bonds is 6. The lowest BCUT2D eigenvalue weighted by Gasteiger charge is -2.42. The summed E-state index contributed by atoms with van der Waals surface area (Å²) in [6.07, 6.45) is 3.12. The fraction of sp³-hybridized carbons (Fsp3) is 0.458. The van der Waals surface area contributed by atoms with Crippen LogP contribution in [0.1, 0.15) is 31.2 Å². The highest BCUT2D eigenvalue weighted by atomic mass is 35.5. The zero-order valence-electron chi connectivity index (χ0n) is 19.0. The Labute approximate surface area is 211 Å². The second kappa shape index (κ2) is 10.8. The smallest absolute Gasteiger partial charge is 0.264 e. The number of sulfonamides is 1. The molecule has 0 radical (unpaired) electrons. The molecular formula is C24H29Cl2N3O4S. The van der Waals surface area contributed by atoms with Crippen LogP contribution in [0.3, 0.4) is 0 Å². The molecule has 2 aliphatic rings. The number of amides is 1. The molecule has 7 nitrogen and oxygen atoms in total. The second-order valence-electron chi connectivity index (χ2n) is 8.86. The van der Waals surface area contributed by atoms with Crippen LogP contribution in [-0.4, -0.2) is 56.6 Å². The molecule has 1 amide bonds. The van der Waals surface area contributed by atoms with E-state index in [4.69, 9.17) is 27.9 Å². The minimum Gasteiger partial charge on any atom is -0.490 e. The van der Waals surface area contributed by atoms with E-state index in [0.717, 1.165) is 50.3 Å². The molecule has 0 atom stereocenters. The number of aryl methyl sites for hydroxylation is 1. The minimum atomic E-state index is -3.85. The van der Waals surface area contributed by atoms with Crippen LogP contribution in [0.5, 0.6) is 5.75 Å². The molecule has 0 saturated carbocycles. The Bertz CT molecular complexity index is 1110. The van der Waals surface area contributed by atoms with Crippen LogP contribution in [-0.2, 0) is 14.8 Å². The molecule has 184 valence electrons. The van der Waals surface area contributed by atoms with Crippen LogP contribution in [0.25, 0.3) is 0 Å². The van der Waals surface area contributed by atoms with E-state index in [1.165, 1.54) is 12.1 Å². The van der Waals surface area contributed by atoms with E-state index in [1.54, 1.807) is 24.3 Å². The molecule has 2 saturated heterocycles. The first-order valence-electron chi connectivity index (χ1n) is 11.5. The summed E-state index contributed by atoms with van der Waals surface area (Å²) in [6.45, 7) is 5.06. The normalized spacial score (nSPS) is 19.1. The molecule has 2 fully saturated rings. The van der Waals surface area contributed by atoms with Gasteiger partial charge in [0.2, 0.25) is 5.91 Å². The van der Waals surface area contributed by atoms with Gasteiger partial charge in [-0.3, -0.25) is 4.79 Å². The van der Waals surface area contributed by atoms with Crippen molar-refractivity contribution in [2.24, 2.45) is 5.92 Å². The van der Waals surface area contributed by atoms with Crippen molar-refractivity contribution in [3.63, 3.8) is 0 Å². The van der Waals surface area contributed by atoms with Gasteiger partial charge >= 0.3 is 0 Å². The maximum Gasteiger partial charge on any atom is 0.264 e. The number of nitrogens with one attached hydrogen (secondary N) is 1. The van der Waals surface area contributed by atoms with Crippen molar-refractivity contribution in [1.29, 1.82) is 0 Å². The Hall–Kier alpha value is -1.84. The highest BCUT2D eigenvalue weighted by Crippen LogP contribution is 2.29. The fourth-order valence-electron chi connectivity index (χ4n) is 4.39. The van der Waals surface area contributed by atoms with E-state index in [2.05, 4.69) is 14.7 Å². The molecule has 0 aliphatic carbocycles. The van der Waals surface area contributed by atoms with Crippen molar-refractivity contribution in [1.82, 2.24) is 14.7 Å². The number of hydrazine groups is 1. The number of nitrogens with zero attached hydrogens (tertiary/aromatic N) is 2. The van der Waals surface area contributed by atoms with Gasteiger partial charge in [0, 0.05) is 38.2 Å². The van der Waals surface area contributed by atoms with Gasteiger partial charge in [-0.15, -0.1) is 0 Å². The summed E-state index contributed by atoms with van der Waals surface area (Å²) in [7, 11) is -3.85. The lowest BCUT2D eigenvalue weighted by molar-refractivity contribution is -0.128. The summed E-state index contributed by atoms with van der Waals surface area (Å²) >= 11 is 12.0. The number of benzene rings is 2. The number of ether oxygens (including phenoxy) is 1. The predicted molar refractivity (Wildman–Crippen MR) is 132 cm³/mol. The second-order valence-corrected chi connectivity index (χ2v) is 11.4. The number of carbonyl (C=O) groups is 1. The molecule has 0 spiro atoms. The number of halogens is 2. The molecule has 4 rings (SSSR count). The van der Waals surface area contributed by atoms with Crippen LogP contribution >= 0.6 is 23.2 Å². The number of piperidine rings is 2. The predicted octanol–water partition coefficient (Wildman–Crippen LogP) is 4.28. The lowest BCUT2D eigenvalue weighted by atomic mass is 9.97. The Kier molecular flexibility index (Phi) is 8.05. The molecular weight excluding hydrogens is 497 g/mol.